The van der Waals surface area contributed by atoms with Crippen LogP contribution in [0, 0.1) is 11.8 Å². The molecule has 6 rings (SSSR count). The van der Waals surface area contributed by atoms with Gasteiger partial charge in [-0.25, -0.2) is 0 Å². The van der Waals surface area contributed by atoms with Gasteiger partial charge in [-0.15, -0.1) is 0 Å². The predicted molar refractivity (Wildman–Crippen MR) is 192 cm³/mol. The maximum Gasteiger partial charge on any atom is 1.00 e. The van der Waals surface area contributed by atoms with E-state index in [-0.39, 0.29) is 81.1 Å². The van der Waals surface area contributed by atoms with Crippen molar-refractivity contribution in [1.29, 1.82) is 0 Å². The molecule has 2 unspecified atom stereocenters. The standard InChI is InChI=1S/C41H54N2.4Li.4H/c1-26-21-28(3)40(30(26)5)36-24-32(17-19-38(36)42-34-13-9-7-10-14-34)23-33-18-20-39(43-35-15-11-8-12-16-35)37(25-33)41-29(4)22-27(2)31(41)6;;;;;;;;/h17-22,24-25,28-29,34-35,42-43H,7-16,23H2,1-6H3;;;;;;;;/q;4*+1;4*-1. The molecule has 2 aromatic rings. The van der Waals surface area contributed by atoms with Gasteiger partial charge in [0.15, 0.2) is 0 Å². The van der Waals surface area contributed by atoms with E-state index in [1.807, 2.05) is 0 Å². The number of allylic oxidation sites excluding steroid dienone is 8. The molecule has 0 aliphatic heterocycles. The first-order chi connectivity index (χ1) is 20.8. The van der Waals surface area contributed by atoms with Crippen molar-refractivity contribution >= 4 is 22.5 Å². The first-order valence-corrected chi connectivity index (χ1v) is 17.4. The van der Waals surface area contributed by atoms with Gasteiger partial charge in [-0.3, -0.25) is 0 Å². The molecule has 2 nitrogen and oxygen atoms in total. The smallest absolute Gasteiger partial charge is 1.00 e. The van der Waals surface area contributed by atoms with Gasteiger partial charge in [0.2, 0.25) is 0 Å². The number of hydrogen-bond donors (Lipinski definition) is 2. The summed E-state index contributed by atoms with van der Waals surface area (Å²) in [5, 5.41) is 8.00. The monoisotopic (exact) mass is 607 g/mol. The molecule has 2 N–H and O–H groups in total. The summed E-state index contributed by atoms with van der Waals surface area (Å²) in [6, 6.07) is 15.7. The van der Waals surface area contributed by atoms with Gasteiger partial charge in [-0.2, -0.15) is 0 Å². The van der Waals surface area contributed by atoms with Gasteiger partial charge in [0.25, 0.3) is 0 Å². The van der Waals surface area contributed by atoms with Gasteiger partial charge in [-0.05, 0) is 117 Å². The van der Waals surface area contributed by atoms with Crippen LogP contribution < -0.4 is 86.1 Å². The molecule has 47 heavy (non-hydrogen) atoms. The van der Waals surface area contributed by atoms with Crippen molar-refractivity contribution in [2.75, 3.05) is 10.6 Å². The van der Waals surface area contributed by atoms with Gasteiger partial charge in [0, 0.05) is 46.4 Å². The third-order valence-electron chi connectivity index (χ3n) is 11.0. The van der Waals surface area contributed by atoms with Crippen molar-refractivity contribution in [3.8, 4) is 0 Å². The summed E-state index contributed by atoms with van der Waals surface area (Å²) in [5.41, 5.74) is 17.1. The summed E-state index contributed by atoms with van der Waals surface area (Å²) in [6.07, 6.45) is 19.2. The molecule has 2 fully saturated rings. The zero-order valence-electron chi connectivity index (χ0n) is 35.7. The Labute approximate surface area is 341 Å². The van der Waals surface area contributed by atoms with Gasteiger partial charge in [0.1, 0.15) is 0 Å². The molecule has 0 heterocycles. The van der Waals surface area contributed by atoms with Crippen LogP contribution in [-0.2, 0) is 6.42 Å². The molecule has 6 heteroatoms. The van der Waals surface area contributed by atoms with Crippen molar-refractivity contribution in [1.82, 2.24) is 0 Å². The topological polar surface area (TPSA) is 24.1 Å². The number of anilines is 2. The maximum absolute atomic E-state index is 4.00. The minimum Gasteiger partial charge on any atom is -1.00 e. The fraction of sp³-hybridized carbons (Fsp3) is 0.512. The summed E-state index contributed by atoms with van der Waals surface area (Å²) in [6.45, 7) is 13.9. The molecule has 0 amide bonds. The quantitative estimate of drug-likeness (QED) is 0.413. The van der Waals surface area contributed by atoms with Gasteiger partial charge in [0.05, 0.1) is 0 Å². The summed E-state index contributed by atoms with van der Waals surface area (Å²) < 4.78 is 0. The molecule has 0 saturated heterocycles. The van der Waals surface area contributed by atoms with Gasteiger partial charge < -0.3 is 16.3 Å². The molecular weight excluding hydrogens is 548 g/mol. The summed E-state index contributed by atoms with van der Waals surface area (Å²) >= 11 is 0. The van der Waals surface area contributed by atoms with Gasteiger partial charge in [-0.1, -0.05) is 87.8 Å². The predicted octanol–water partition coefficient (Wildman–Crippen LogP) is -0.0284. The van der Waals surface area contributed by atoms with Crippen LogP contribution in [0.15, 0.2) is 70.8 Å². The zero-order valence-corrected chi connectivity index (χ0v) is 31.7. The van der Waals surface area contributed by atoms with Crippen molar-refractivity contribution in [3.05, 3.63) is 93.1 Å². The van der Waals surface area contributed by atoms with Crippen LogP contribution >= 0.6 is 0 Å². The first-order valence-electron chi connectivity index (χ1n) is 17.4. The Morgan fingerprint density at radius 3 is 1.23 bits per heavy atom. The van der Waals surface area contributed by atoms with E-state index in [4.69, 9.17) is 0 Å². The van der Waals surface area contributed by atoms with Crippen molar-refractivity contribution < 1.29 is 81.1 Å². The van der Waals surface area contributed by atoms with Crippen LogP contribution in [0.2, 0.25) is 0 Å². The average Bonchev–Trinajstić information content (AvgIpc) is 3.41. The molecule has 0 spiro atoms. The minimum atomic E-state index is 0. The maximum atomic E-state index is 4.00. The Morgan fingerprint density at radius 1 is 0.553 bits per heavy atom. The fourth-order valence-electron chi connectivity index (χ4n) is 8.44. The van der Waals surface area contributed by atoms with Crippen LogP contribution in [0.4, 0.5) is 11.4 Å². The van der Waals surface area contributed by atoms with Gasteiger partial charge >= 0.3 is 75.4 Å². The molecule has 0 bridgehead atoms. The van der Waals surface area contributed by atoms with Crippen LogP contribution in [0.5, 0.6) is 0 Å². The van der Waals surface area contributed by atoms with Crippen LogP contribution in [0.1, 0.15) is 134 Å². The Balaban J connectivity index is -0.00000288. The van der Waals surface area contributed by atoms with E-state index in [0.29, 0.717) is 23.9 Å². The molecule has 2 saturated carbocycles. The van der Waals surface area contributed by atoms with Crippen LogP contribution in [0.25, 0.3) is 11.1 Å². The van der Waals surface area contributed by atoms with Crippen molar-refractivity contribution in [3.63, 3.8) is 0 Å². The zero-order chi connectivity index (χ0) is 30.1. The molecule has 0 radical (unpaired) electrons. The molecule has 236 valence electrons. The van der Waals surface area contributed by atoms with E-state index >= 15 is 0 Å². The molecule has 2 atom stereocenters. The Bertz CT molecular complexity index is 1400. The Morgan fingerprint density at radius 2 is 0.915 bits per heavy atom. The Hall–Kier alpha value is -0.610. The third-order valence-corrected chi connectivity index (χ3v) is 11.0. The molecule has 0 aromatic heterocycles. The molecule has 4 aliphatic carbocycles. The van der Waals surface area contributed by atoms with E-state index in [9.17, 15) is 0 Å². The van der Waals surface area contributed by atoms with E-state index in [2.05, 4.69) is 101 Å². The average molecular weight is 607 g/mol. The largest absolute Gasteiger partial charge is 1.00 e. The number of rotatable bonds is 8. The minimum absolute atomic E-state index is 0. The van der Waals surface area contributed by atoms with E-state index < -0.39 is 0 Å². The second-order valence-electron chi connectivity index (χ2n) is 14.2. The summed E-state index contributed by atoms with van der Waals surface area (Å²) in [4.78, 5) is 0. The van der Waals surface area contributed by atoms with E-state index in [1.54, 1.807) is 0 Å². The van der Waals surface area contributed by atoms with Crippen molar-refractivity contribution in [2.24, 2.45) is 11.8 Å². The summed E-state index contributed by atoms with van der Waals surface area (Å²) in [7, 11) is 0. The SMILES string of the molecule is CC1=CC(C)C(c2cc(Cc3ccc(NC4CCCCC4)c(C4=C(C)C(C)=CC4C)c3)ccc2NC2CCCCC2)=C1C.[H-].[H-].[H-].[H-].[Li+].[Li+].[Li+].[Li+]. The molecule has 2 aromatic carbocycles. The van der Waals surface area contributed by atoms with E-state index in [0.717, 1.165) is 6.42 Å². The summed E-state index contributed by atoms with van der Waals surface area (Å²) in [5.74, 6) is 0.904. The normalized spacial score (nSPS) is 21.6. The number of nitrogens with one attached hydrogen (secondary N) is 2. The second kappa shape index (κ2) is 19.1. The Kier molecular flexibility index (Phi) is 17.3. The number of benzene rings is 2. The fourth-order valence-corrected chi connectivity index (χ4v) is 8.44. The van der Waals surface area contributed by atoms with Crippen LogP contribution in [-0.4, -0.2) is 12.1 Å². The van der Waals surface area contributed by atoms with E-state index in [1.165, 1.54) is 131 Å². The molecule has 4 aliphatic rings. The van der Waals surface area contributed by atoms with Crippen LogP contribution in [0.3, 0.4) is 0 Å². The first kappa shape index (κ1) is 42.6. The van der Waals surface area contributed by atoms with Crippen molar-refractivity contribution in [2.45, 2.75) is 124 Å². The third kappa shape index (κ3) is 9.80. The second-order valence-corrected chi connectivity index (χ2v) is 14.2. The number of hydrogen-bond acceptors (Lipinski definition) is 2. The molecular formula is C41H58Li4N2.